The van der Waals surface area contributed by atoms with E-state index in [2.05, 4.69) is 35.9 Å². The van der Waals surface area contributed by atoms with Crippen LogP contribution in [0.1, 0.15) is 212 Å². The van der Waals surface area contributed by atoms with E-state index in [1.807, 2.05) is 76.2 Å². The van der Waals surface area contributed by atoms with Gasteiger partial charge < -0.3 is 70.3 Å². The Kier molecular flexibility index (Phi) is 36.6. The maximum Gasteiger partial charge on any atom is 0.438 e. The van der Waals surface area contributed by atoms with E-state index >= 15 is 47.9 Å². The maximum absolute atomic E-state index is 15.6. The molecule has 30 nitrogen and oxygen atoms in total. The summed E-state index contributed by atoms with van der Waals surface area (Å²) in [6.45, 7) is 24.2. The van der Waals surface area contributed by atoms with Crippen LogP contribution in [0.5, 0.6) is 0 Å². The average molecular weight is 1480 g/mol. The Balaban J connectivity index is 2.02. The molecule has 2 aliphatic heterocycles. The number of aliphatic hydroxyl groups is 1. The van der Waals surface area contributed by atoms with Crippen molar-refractivity contribution in [3.05, 3.63) is 16.4 Å². The van der Waals surface area contributed by atoms with Gasteiger partial charge in [-0.15, -0.1) is 0 Å². The third-order valence-corrected chi connectivity index (χ3v) is 20.5. The molecular weight excluding hydrogens is 1350 g/mol. The van der Waals surface area contributed by atoms with Crippen molar-refractivity contribution in [1.82, 2.24) is 70.6 Å². The number of hydrogen-bond acceptors (Lipinski definition) is 17. The largest absolute Gasteiger partial charge is 0.438 e. The van der Waals surface area contributed by atoms with Gasteiger partial charge in [0.25, 0.3) is 0 Å². The maximum atomic E-state index is 15.6. The number of nitrogens with one attached hydrogen (secondary N) is 5. The minimum Gasteiger partial charge on any atom is -0.391 e. The van der Waals surface area contributed by atoms with E-state index in [-0.39, 0.29) is 86.4 Å². The Hall–Kier alpha value is -7.50. The zero-order valence-corrected chi connectivity index (χ0v) is 66.8. The summed E-state index contributed by atoms with van der Waals surface area (Å²) < 4.78 is 10.6. The molecule has 1 aromatic heterocycles. The number of aromatic nitrogens is 2. The molecule has 12 amide bonds. The lowest BCUT2D eigenvalue weighted by molar-refractivity contribution is -0.152. The fourth-order valence-corrected chi connectivity index (χ4v) is 14.1. The molecular formula is C75H130N14O16. The molecule has 30 heteroatoms. The molecule has 0 spiro atoms. The molecule has 4 rings (SSSR count). The smallest absolute Gasteiger partial charge is 0.391 e. The summed E-state index contributed by atoms with van der Waals surface area (Å²) in [6.07, 6.45) is 5.74. The van der Waals surface area contributed by atoms with Crippen molar-refractivity contribution in [3.8, 4) is 0 Å². The molecule has 0 bridgehead atoms. The fourth-order valence-electron chi connectivity index (χ4n) is 14.1. The van der Waals surface area contributed by atoms with E-state index in [1.54, 1.807) is 18.7 Å². The molecule has 11 atom stereocenters. The second-order valence-corrected chi connectivity index (χ2v) is 32.1. The van der Waals surface area contributed by atoms with E-state index in [1.165, 1.54) is 78.6 Å². The predicted octanol–water partition coefficient (Wildman–Crippen LogP) is 4.06. The number of likely N-dealkylation sites (tertiary alicyclic amines) is 1. The van der Waals surface area contributed by atoms with Crippen molar-refractivity contribution in [2.45, 2.75) is 279 Å². The summed E-state index contributed by atoms with van der Waals surface area (Å²) in [7, 11) is 8.55. The van der Waals surface area contributed by atoms with Gasteiger partial charge in [-0.05, 0) is 113 Å². The molecule has 1 unspecified atom stereocenters. The molecule has 1 aliphatic carbocycles. The van der Waals surface area contributed by atoms with Gasteiger partial charge in [0.05, 0.1) is 25.7 Å². The highest BCUT2D eigenvalue weighted by Crippen LogP contribution is 2.31. The van der Waals surface area contributed by atoms with Gasteiger partial charge in [-0.25, -0.2) is 4.79 Å². The minimum absolute atomic E-state index is 0.00121. The number of unbranched alkanes of at least 4 members (excludes halogenated alkanes) is 1. The highest BCUT2D eigenvalue weighted by Gasteiger charge is 2.45. The number of aromatic amines is 1. The Bertz CT molecular complexity index is 3100. The van der Waals surface area contributed by atoms with Crippen LogP contribution in [0.15, 0.2) is 9.32 Å². The minimum atomic E-state index is -1.65. The molecule has 1 saturated carbocycles. The van der Waals surface area contributed by atoms with Gasteiger partial charge in [-0.2, -0.15) is 0 Å². The standard InChI is InChI=1S/C75H130N14O16/c1-21-22-31-89-41-62(92)83(16)55(35-45(4)5)65(93)76-52(70(98)88-32-27-24-28-33-88)40-61(91)82(15)54(34-44(2)3)66(94)77-53(42-104-43-60-78-75(103)105-81-60)69(97)86(19)58(38-48(10)11)71(99)84(17)56(36-46(6)7)67(95)79-63(49(12)13)73(101)87(20)59(39-51-29-25-23-26-30-51)72(100)85(18)57(37-47(8)9)68(96)80-64(50(14)90)74(89)102/h44-59,63-64,90H,21-43H2,1-20H3,(H,76,93)(H,77,94)(H,79,95)(H,80,96)(H,78,81,103)/t50-,52+,53?,54+,55+,56+,57+,58+,59+,63+,64+/m1/s1. The third kappa shape index (κ3) is 26.7. The lowest BCUT2D eigenvalue weighted by atomic mass is 9.84. The van der Waals surface area contributed by atoms with Gasteiger partial charge in [0.2, 0.25) is 70.9 Å². The first-order valence-corrected chi connectivity index (χ1v) is 38.4. The number of likely N-dealkylation sites (N-methyl/N-ethyl adjacent to an activating group) is 6. The van der Waals surface area contributed by atoms with Crippen molar-refractivity contribution in [2.75, 3.05) is 75.1 Å². The third-order valence-electron chi connectivity index (χ3n) is 20.5. The Morgan fingerprint density at radius 1 is 0.514 bits per heavy atom. The Morgan fingerprint density at radius 3 is 1.43 bits per heavy atom. The monoisotopic (exact) mass is 1480 g/mol. The molecule has 105 heavy (non-hydrogen) atoms. The average Bonchev–Trinajstić information content (AvgIpc) is 1.73. The number of H-pyrrole nitrogens is 1. The van der Waals surface area contributed by atoms with Crippen LogP contribution >= 0.6 is 0 Å². The number of amides is 12. The highest BCUT2D eigenvalue weighted by molar-refractivity contribution is 6.00. The second-order valence-electron chi connectivity index (χ2n) is 32.1. The molecule has 3 fully saturated rings. The molecule has 0 radical (unpaired) electrons. The van der Waals surface area contributed by atoms with E-state index in [4.69, 9.17) is 4.74 Å². The number of carbonyl (C=O) groups is 12. The Labute approximate surface area is 623 Å². The van der Waals surface area contributed by atoms with Gasteiger partial charge in [-0.3, -0.25) is 67.0 Å². The number of piperidine rings is 1. The first kappa shape index (κ1) is 89.9. The molecule has 2 saturated heterocycles. The molecule has 3 aliphatic rings. The predicted molar refractivity (Wildman–Crippen MR) is 395 cm³/mol. The van der Waals surface area contributed by atoms with Crippen molar-refractivity contribution < 1.29 is 71.9 Å². The SMILES string of the molecule is CCCCN1CC(=O)N(C)[C@@H](CC(C)C)C(=O)N[C@H](C(=O)N2CCCCC2)CC(=O)N(C)[C@@H](CC(C)C)C(=O)NC(COCc2noc(=O)[nH]2)C(=O)N(C)[C@@H](CC(C)C)C(=O)N(C)[C@@H](CC(C)C)C(=O)N[C@@H](C(C)C)C(=O)N(C)[C@@H](CC2CCCCC2)C(=O)N(C)[C@@H](CC(C)C)C(=O)N[C@@H]([C@@H](C)O)C1=O. The summed E-state index contributed by atoms with van der Waals surface area (Å²) in [4.78, 5) is 207. The molecule has 596 valence electrons. The first-order chi connectivity index (χ1) is 49.2. The lowest BCUT2D eigenvalue weighted by Gasteiger charge is -2.40. The van der Waals surface area contributed by atoms with Crippen LogP contribution in [-0.2, 0) is 68.9 Å². The van der Waals surface area contributed by atoms with Crippen LogP contribution in [0, 0.1) is 41.4 Å². The molecule has 1 aromatic rings. The zero-order chi connectivity index (χ0) is 79.0. The topological polar surface area (TPSA) is 367 Å². The summed E-state index contributed by atoms with van der Waals surface area (Å²) in [5.41, 5.74) is 0. The van der Waals surface area contributed by atoms with Crippen molar-refractivity contribution in [1.29, 1.82) is 0 Å². The quantitative estimate of drug-likeness (QED) is 0.0953. The number of hydrogen-bond donors (Lipinski definition) is 6. The second kappa shape index (κ2) is 42.7. The van der Waals surface area contributed by atoms with E-state index in [0.717, 1.165) is 43.4 Å². The van der Waals surface area contributed by atoms with Crippen LogP contribution in [0.4, 0.5) is 0 Å². The van der Waals surface area contributed by atoms with E-state index in [0.29, 0.717) is 38.8 Å². The van der Waals surface area contributed by atoms with Crippen LogP contribution in [0.2, 0.25) is 0 Å². The summed E-state index contributed by atoms with van der Waals surface area (Å²) in [5.74, 6) is -11.4. The first-order valence-electron chi connectivity index (χ1n) is 38.4. The fraction of sp³-hybridized carbons (Fsp3) is 0.813. The molecule has 0 aromatic carbocycles. The van der Waals surface area contributed by atoms with Gasteiger partial charge >= 0.3 is 5.76 Å². The zero-order valence-electron chi connectivity index (χ0n) is 66.8. The molecule has 3 heterocycles. The summed E-state index contributed by atoms with van der Waals surface area (Å²) in [6, 6.07) is -13.6. The van der Waals surface area contributed by atoms with Crippen molar-refractivity contribution >= 4 is 70.9 Å². The summed E-state index contributed by atoms with van der Waals surface area (Å²) in [5, 5.41) is 26.5. The lowest BCUT2D eigenvalue weighted by Crippen LogP contribution is -2.62. The van der Waals surface area contributed by atoms with E-state index in [9.17, 15) is 19.5 Å². The highest BCUT2D eigenvalue weighted by atomic mass is 16.5. The van der Waals surface area contributed by atoms with Crippen LogP contribution < -0.4 is 27.0 Å². The van der Waals surface area contributed by atoms with Gasteiger partial charge in [0.15, 0.2) is 5.82 Å². The van der Waals surface area contributed by atoms with Crippen molar-refractivity contribution in [2.24, 2.45) is 41.4 Å². The van der Waals surface area contributed by atoms with Crippen LogP contribution in [0.25, 0.3) is 0 Å². The van der Waals surface area contributed by atoms with Gasteiger partial charge in [-0.1, -0.05) is 134 Å². The number of ether oxygens (including phenoxy) is 1. The van der Waals surface area contributed by atoms with Gasteiger partial charge in [0, 0.05) is 61.9 Å². The number of nitrogens with zero attached hydrogens (tertiary/aromatic N) is 9. The Morgan fingerprint density at radius 2 is 0.952 bits per heavy atom. The molecule has 6 N–H and O–H groups in total. The normalized spacial score (nSPS) is 25.7. The van der Waals surface area contributed by atoms with E-state index < -0.39 is 175 Å². The van der Waals surface area contributed by atoms with Gasteiger partial charge in [0.1, 0.15) is 67.0 Å². The summed E-state index contributed by atoms with van der Waals surface area (Å²) >= 11 is 0. The van der Waals surface area contributed by atoms with Crippen LogP contribution in [-0.4, -0.2) is 267 Å². The number of aliphatic hydroxyl groups excluding tert-OH is 1. The number of rotatable bonds is 22. The number of carbonyl (C=O) groups excluding carboxylic acids is 12. The van der Waals surface area contributed by atoms with Crippen molar-refractivity contribution in [3.63, 3.8) is 0 Å². The van der Waals surface area contributed by atoms with Crippen LogP contribution in [0.3, 0.4) is 0 Å².